The van der Waals surface area contributed by atoms with Gasteiger partial charge >= 0.3 is 0 Å². The average molecular weight is 466 g/mol. The molecule has 0 fully saturated rings. The van der Waals surface area contributed by atoms with E-state index in [4.69, 9.17) is 23.9 Å². The summed E-state index contributed by atoms with van der Waals surface area (Å²) >= 11 is 0. The van der Waals surface area contributed by atoms with Crippen LogP contribution in [0.4, 0.5) is 0 Å². The van der Waals surface area contributed by atoms with E-state index in [9.17, 15) is 0 Å². The van der Waals surface area contributed by atoms with Gasteiger partial charge in [-0.2, -0.15) is 0 Å². The quantitative estimate of drug-likeness (QED) is 0.268. The Kier molecular flexibility index (Phi) is 6.15. The number of benzene rings is 4. The van der Waals surface area contributed by atoms with Crippen molar-refractivity contribution in [2.24, 2.45) is 0 Å². The van der Waals surface area contributed by atoms with Gasteiger partial charge in [0, 0.05) is 29.0 Å². The molecule has 0 unspecified atom stereocenters. The Morgan fingerprint density at radius 3 is 2.14 bits per heavy atom. The minimum Gasteiger partial charge on any atom is -0.493 e. The molecule has 0 spiro atoms. The second kappa shape index (κ2) is 9.55. The van der Waals surface area contributed by atoms with Crippen LogP contribution in [0.3, 0.4) is 0 Å². The molecule has 5 nitrogen and oxygen atoms in total. The molecule has 0 aliphatic carbocycles. The lowest BCUT2D eigenvalue weighted by atomic mass is 9.93. The Balaban J connectivity index is 1.74. The first-order valence-corrected chi connectivity index (χ1v) is 11.4. The van der Waals surface area contributed by atoms with E-state index in [0.717, 1.165) is 38.5 Å². The highest BCUT2D eigenvalue weighted by molar-refractivity contribution is 6.04. The van der Waals surface area contributed by atoms with E-state index < -0.39 is 0 Å². The zero-order valence-corrected chi connectivity index (χ0v) is 20.3. The second-order valence-corrected chi connectivity index (χ2v) is 8.24. The molecule has 0 saturated heterocycles. The molecule has 4 aromatic carbocycles. The van der Waals surface area contributed by atoms with Gasteiger partial charge in [-0.05, 0) is 46.2 Å². The van der Waals surface area contributed by atoms with Crippen LogP contribution in [0.2, 0.25) is 0 Å². The number of fused-ring (bicyclic) bond motifs is 2. The summed E-state index contributed by atoms with van der Waals surface area (Å²) in [6, 6.07) is 24.8. The third-order valence-electron chi connectivity index (χ3n) is 6.36. The maximum absolute atomic E-state index is 5.92. The predicted molar refractivity (Wildman–Crippen MR) is 140 cm³/mol. The van der Waals surface area contributed by atoms with E-state index in [1.54, 1.807) is 28.4 Å². The fourth-order valence-corrected chi connectivity index (χ4v) is 4.72. The molecule has 1 aromatic heterocycles. The molecule has 176 valence electrons. The van der Waals surface area contributed by atoms with Crippen LogP contribution in [0.15, 0.2) is 79.0 Å². The lowest BCUT2D eigenvalue weighted by molar-refractivity contribution is 0.354. The number of hydrogen-bond acceptors (Lipinski definition) is 5. The first-order valence-electron chi connectivity index (χ1n) is 11.4. The van der Waals surface area contributed by atoms with Crippen molar-refractivity contribution >= 4 is 21.5 Å². The van der Waals surface area contributed by atoms with Crippen molar-refractivity contribution < 1.29 is 18.9 Å². The molecule has 5 aromatic rings. The van der Waals surface area contributed by atoms with Gasteiger partial charge in [0.1, 0.15) is 0 Å². The molecule has 0 amide bonds. The fourth-order valence-electron chi connectivity index (χ4n) is 4.72. The van der Waals surface area contributed by atoms with Gasteiger partial charge in [-0.1, -0.05) is 48.5 Å². The molecule has 0 aliphatic rings. The highest BCUT2D eigenvalue weighted by Crippen LogP contribution is 2.46. The molecule has 5 rings (SSSR count). The molecule has 0 bridgehead atoms. The average Bonchev–Trinajstić information content (AvgIpc) is 2.91. The van der Waals surface area contributed by atoms with Crippen LogP contribution < -0.4 is 18.9 Å². The van der Waals surface area contributed by atoms with E-state index in [0.29, 0.717) is 29.4 Å². The summed E-state index contributed by atoms with van der Waals surface area (Å²) in [5.74, 6) is 2.80. The maximum atomic E-state index is 5.92. The number of pyridine rings is 1. The van der Waals surface area contributed by atoms with Crippen molar-refractivity contribution in [1.82, 2.24) is 4.98 Å². The number of methoxy groups -OCH3 is 4. The Morgan fingerprint density at radius 1 is 0.600 bits per heavy atom. The summed E-state index contributed by atoms with van der Waals surface area (Å²) in [7, 11) is 6.65. The first kappa shape index (κ1) is 22.5. The van der Waals surface area contributed by atoms with Crippen molar-refractivity contribution in [3.05, 3.63) is 90.3 Å². The Hall–Kier alpha value is -4.25. The van der Waals surface area contributed by atoms with E-state index in [1.165, 1.54) is 5.39 Å². The normalized spacial score (nSPS) is 11.0. The SMILES string of the molecule is COc1ccc(Cc2nccc3c(OC)c(OC)c(-c4cccc5ccccc45)cc23)cc1OC. The third-order valence-corrected chi connectivity index (χ3v) is 6.36. The van der Waals surface area contributed by atoms with Crippen LogP contribution in [-0.2, 0) is 6.42 Å². The monoisotopic (exact) mass is 465 g/mol. The van der Waals surface area contributed by atoms with Crippen LogP contribution in [0.25, 0.3) is 32.7 Å². The smallest absolute Gasteiger partial charge is 0.169 e. The second-order valence-electron chi connectivity index (χ2n) is 8.24. The standard InChI is InChI=1S/C30H27NO4/c1-32-27-13-12-19(17-28(27)33-2)16-26-24-18-25(22-11-7-9-20-8-5-6-10-21(20)22)30(35-4)29(34-3)23(24)14-15-31-26/h5-15,17-18H,16H2,1-4H3. The molecule has 0 radical (unpaired) electrons. The van der Waals surface area contributed by atoms with Crippen molar-refractivity contribution in [1.29, 1.82) is 0 Å². The number of ether oxygens (including phenoxy) is 4. The minimum absolute atomic E-state index is 0.627. The Labute approximate surface area is 204 Å². The number of rotatable bonds is 7. The Morgan fingerprint density at radius 2 is 1.37 bits per heavy atom. The van der Waals surface area contributed by atoms with Crippen LogP contribution >= 0.6 is 0 Å². The van der Waals surface area contributed by atoms with E-state index in [1.807, 2.05) is 30.5 Å². The summed E-state index contributed by atoms with van der Waals surface area (Å²) in [5, 5.41) is 4.30. The van der Waals surface area contributed by atoms with E-state index in [2.05, 4.69) is 48.5 Å². The highest BCUT2D eigenvalue weighted by Gasteiger charge is 2.20. The Bertz CT molecular complexity index is 1520. The van der Waals surface area contributed by atoms with Gasteiger partial charge in [0.25, 0.3) is 0 Å². The van der Waals surface area contributed by atoms with Gasteiger partial charge in [-0.3, -0.25) is 4.98 Å². The van der Waals surface area contributed by atoms with Crippen LogP contribution in [0.5, 0.6) is 23.0 Å². The highest BCUT2D eigenvalue weighted by atomic mass is 16.5. The van der Waals surface area contributed by atoms with E-state index >= 15 is 0 Å². The topological polar surface area (TPSA) is 49.8 Å². The van der Waals surface area contributed by atoms with Crippen LogP contribution in [0.1, 0.15) is 11.3 Å². The molecule has 0 saturated carbocycles. The lowest BCUT2D eigenvalue weighted by Crippen LogP contribution is -2.00. The van der Waals surface area contributed by atoms with Gasteiger partial charge in [-0.25, -0.2) is 0 Å². The zero-order chi connectivity index (χ0) is 24.4. The number of hydrogen-bond donors (Lipinski definition) is 0. The molecule has 0 atom stereocenters. The number of nitrogens with zero attached hydrogens (tertiary/aromatic N) is 1. The summed E-state index contributed by atoms with van der Waals surface area (Å²) < 4.78 is 22.7. The summed E-state index contributed by atoms with van der Waals surface area (Å²) in [5.41, 5.74) is 4.07. The van der Waals surface area contributed by atoms with Gasteiger partial charge in [0.2, 0.25) is 0 Å². The third kappa shape index (κ3) is 3.99. The molecule has 5 heteroatoms. The lowest BCUT2D eigenvalue weighted by Gasteiger charge is -2.18. The van der Waals surface area contributed by atoms with Crippen molar-refractivity contribution in [3.63, 3.8) is 0 Å². The van der Waals surface area contributed by atoms with Crippen LogP contribution in [-0.4, -0.2) is 33.4 Å². The van der Waals surface area contributed by atoms with Gasteiger partial charge in [0.05, 0.1) is 34.1 Å². The molecular formula is C30H27NO4. The molecule has 1 heterocycles. The molecule has 35 heavy (non-hydrogen) atoms. The molecular weight excluding hydrogens is 438 g/mol. The van der Waals surface area contributed by atoms with Crippen LogP contribution in [0, 0.1) is 0 Å². The fraction of sp³-hybridized carbons (Fsp3) is 0.167. The molecule has 0 aliphatic heterocycles. The minimum atomic E-state index is 0.627. The van der Waals surface area contributed by atoms with Gasteiger partial charge in [-0.15, -0.1) is 0 Å². The summed E-state index contributed by atoms with van der Waals surface area (Å²) in [6.07, 6.45) is 2.44. The number of aromatic nitrogens is 1. The molecule has 0 N–H and O–H groups in total. The van der Waals surface area contributed by atoms with Crippen molar-refractivity contribution in [3.8, 4) is 34.1 Å². The van der Waals surface area contributed by atoms with E-state index in [-0.39, 0.29) is 0 Å². The zero-order valence-electron chi connectivity index (χ0n) is 20.3. The van der Waals surface area contributed by atoms with Crippen molar-refractivity contribution in [2.45, 2.75) is 6.42 Å². The van der Waals surface area contributed by atoms with Gasteiger partial charge in [0.15, 0.2) is 23.0 Å². The summed E-state index contributed by atoms with van der Waals surface area (Å²) in [4.78, 5) is 4.76. The largest absolute Gasteiger partial charge is 0.493 e. The summed E-state index contributed by atoms with van der Waals surface area (Å²) in [6.45, 7) is 0. The van der Waals surface area contributed by atoms with Gasteiger partial charge < -0.3 is 18.9 Å². The first-order chi connectivity index (χ1) is 17.2. The predicted octanol–water partition coefficient (Wildman–Crippen LogP) is 6.68. The maximum Gasteiger partial charge on any atom is 0.169 e. The van der Waals surface area contributed by atoms with Crippen molar-refractivity contribution in [2.75, 3.05) is 28.4 Å².